The molecule has 0 radical (unpaired) electrons. The molecule has 3 rings (SSSR count). The van der Waals surface area contributed by atoms with Crippen LogP contribution in [-0.2, 0) is 6.54 Å². The smallest absolute Gasteiger partial charge is 0.161 e. The van der Waals surface area contributed by atoms with Gasteiger partial charge in [0.2, 0.25) is 0 Å². The summed E-state index contributed by atoms with van der Waals surface area (Å²) < 4.78 is 11.3. The number of methoxy groups -OCH3 is 1. The van der Waals surface area contributed by atoms with Gasteiger partial charge in [-0.25, -0.2) is 0 Å². The summed E-state index contributed by atoms with van der Waals surface area (Å²) in [5, 5.41) is 0. The predicted molar refractivity (Wildman–Crippen MR) is 102 cm³/mol. The third kappa shape index (κ3) is 4.18. The van der Waals surface area contributed by atoms with E-state index in [0.717, 1.165) is 23.6 Å². The molecule has 2 saturated heterocycles. The van der Waals surface area contributed by atoms with Crippen molar-refractivity contribution < 1.29 is 9.47 Å². The van der Waals surface area contributed by atoms with Crippen LogP contribution in [-0.4, -0.2) is 55.7 Å². The topological polar surface area (TPSA) is 24.9 Å². The van der Waals surface area contributed by atoms with Crippen LogP contribution in [0.5, 0.6) is 11.5 Å². The monoisotopic (exact) mass is 344 g/mol. The van der Waals surface area contributed by atoms with E-state index in [1.807, 2.05) is 13.0 Å². The highest BCUT2D eigenvalue weighted by molar-refractivity contribution is 5.43. The van der Waals surface area contributed by atoms with Crippen LogP contribution in [0, 0.1) is 0 Å². The van der Waals surface area contributed by atoms with Crippen LogP contribution in [0.2, 0.25) is 0 Å². The van der Waals surface area contributed by atoms with Gasteiger partial charge in [-0.2, -0.15) is 0 Å². The molecule has 2 heterocycles. The van der Waals surface area contributed by atoms with Gasteiger partial charge in [0.1, 0.15) is 6.61 Å². The molecule has 0 saturated carbocycles. The summed E-state index contributed by atoms with van der Waals surface area (Å²) in [7, 11) is 3.93. The standard InChI is InChI=1S/C21H32N2O2/c1-17(2)16-25-20-14-18(6-7-19(20)24-4)15-23-11-5-8-21(23)9-12-22(3)13-10-21/h6-7,14H,1,5,8-13,15-16H2,2-4H3. The van der Waals surface area contributed by atoms with Crippen LogP contribution < -0.4 is 9.47 Å². The zero-order valence-electron chi connectivity index (χ0n) is 16.0. The Morgan fingerprint density at radius 2 is 1.92 bits per heavy atom. The average Bonchev–Trinajstić information content (AvgIpc) is 2.98. The lowest BCUT2D eigenvalue weighted by Crippen LogP contribution is -2.50. The number of hydrogen-bond acceptors (Lipinski definition) is 4. The van der Waals surface area contributed by atoms with Gasteiger partial charge in [-0.05, 0) is 82.6 Å². The van der Waals surface area contributed by atoms with Crippen LogP contribution in [0.3, 0.4) is 0 Å². The Kier molecular flexibility index (Phi) is 5.70. The van der Waals surface area contributed by atoms with Gasteiger partial charge in [0.15, 0.2) is 11.5 Å². The first-order valence-corrected chi connectivity index (χ1v) is 9.40. The zero-order valence-corrected chi connectivity index (χ0v) is 16.0. The number of ether oxygens (including phenoxy) is 2. The van der Waals surface area contributed by atoms with Crippen molar-refractivity contribution in [2.75, 3.05) is 40.4 Å². The van der Waals surface area contributed by atoms with Gasteiger partial charge in [-0.3, -0.25) is 4.90 Å². The van der Waals surface area contributed by atoms with Crippen molar-refractivity contribution in [3.05, 3.63) is 35.9 Å². The predicted octanol–water partition coefficient (Wildman–Crippen LogP) is 3.71. The van der Waals surface area contributed by atoms with E-state index in [0.29, 0.717) is 12.1 Å². The minimum Gasteiger partial charge on any atom is -0.493 e. The summed E-state index contributed by atoms with van der Waals surface area (Å²) in [4.78, 5) is 5.17. The first-order chi connectivity index (χ1) is 12.0. The normalized spacial score (nSPS) is 20.8. The second-order valence-corrected chi connectivity index (χ2v) is 7.78. The molecule has 138 valence electrons. The second kappa shape index (κ2) is 7.79. The molecule has 0 aliphatic carbocycles. The lowest BCUT2D eigenvalue weighted by Gasteiger charge is -2.44. The molecule has 0 atom stereocenters. The van der Waals surface area contributed by atoms with Gasteiger partial charge < -0.3 is 14.4 Å². The molecule has 1 aromatic rings. The van der Waals surface area contributed by atoms with Gasteiger partial charge >= 0.3 is 0 Å². The minimum absolute atomic E-state index is 0.408. The van der Waals surface area contributed by atoms with Crippen LogP contribution in [0.25, 0.3) is 0 Å². The number of likely N-dealkylation sites (tertiary alicyclic amines) is 2. The molecule has 1 aromatic carbocycles. The van der Waals surface area contributed by atoms with Crippen molar-refractivity contribution in [3.8, 4) is 11.5 Å². The highest BCUT2D eigenvalue weighted by Crippen LogP contribution is 2.39. The van der Waals surface area contributed by atoms with Crippen LogP contribution in [0.4, 0.5) is 0 Å². The Labute approximate surface area is 152 Å². The van der Waals surface area contributed by atoms with Crippen molar-refractivity contribution in [1.29, 1.82) is 0 Å². The summed E-state index contributed by atoms with van der Waals surface area (Å²) >= 11 is 0. The molecule has 2 fully saturated rings. The van der Waals surface area contributed by atoms with Crippen LogP contribution in [0.1, 0.15) is 38.2 Å². The number of hydrogen-bond donors (Lipinski definition) is 0. The fraction of sp³-hybridized carbons (Fsp3) is 0.619. The molecule has 0 aromatic heterocycles. The van der Waals surface area contributed by atoms with E-state index in [9.17, 15) is 0 Å². The third-order valence-corrected chi connectivity index (χ3v) is 5.73. The lowest BCUT2D eigenvalue weighted by molar-refractivity contribution is 0.0568. The van der Waals surface area contributed by atoms with Gasteiger partial charge in [-0.15, -0.1) is 0 Å². The van der Waals surface area contributed by atoms with E-state index in [4.69, 9.17) is 9.47 Å². The van der Waals surface area contributed by atoms with E-state index in [1.54, 1.807) is 7.11 Å². The summed E-state index contributed by atoms with van der Waals surface area (Å²) in [6, 6.07) is 6.34. The summed E-state index contributed by atoms with van der Waals surface area (Å²) in [5.41, 5.74) is 2.72. The Morgan fingerprint density at radius 1 is 1.16 bits per heavy atom. The maximum absolute atomic E-state index is 5.90. The number of piperidine rings is 1. The number of benzene rings is 1. The summed E-state index contributed by atoms with van der Waals surface area (Å²) in [6.45, 7) is 11.1. The van der Waals surface area contributed by atoms with Crippen molar-refractivity contribution in [2.24, 2.45) is 0 Å². The van der Waals surface area contributed by atoms with Crippen LogP contribution >= 0.6 is 0 Å². The van der Waals surface area contributed by atoms with E-state index in [-0.39, 0.29) is 0 Å². The Hall–Kier alpha value is -1.52. The lowest BCUT2D eigenvalue weighted by atomic mass is 9.85. The highest BCUT2D eigenvalue weighted by atomic mass is 16.5. The molecule has 0 N–H and O–H groups in total. The Bertz CT molecular complexity index is 606. The maximum atomic E-state index is 5.90. The summed E-state index contributed by atoms with van der Waals surface area (Å²) in [5.74, 6) is 1.61. The van der Waals surface area contributed by atoms with E-state index in [2.05, 4.69) is 35.6 Å². The molecule has 0 bridgehead atoms. The molecular formula is C21H32N2O2. The largest absolute Gasteiger partial charge is 0.493 e. The molecule has 0 unspecified atom stereocenters. The molecule has 2 aliphatic heterocycles. The van der Waals surface area contributed by atoms with Gasteiger partial charge in [0, 0.05) is 12.1 Å². The zero-order chi connectivity index (χ0) is 17.9. The summed E-state index contributed by atoms with van der Waals surface area (Å²) in [6.07, 6.45) is 5.24. The minimum atomic E-state index is 0.408. The molecule has 25 heavy (non-hydrogen) atoms. The third-order valence-electron chi connectivity index (χ3n) is 5.73. The van der Waals surface area contributed by atoms with Gasteiger partial charge in [-0.1, -0.05) is 12.6 Å². The second-order valence-electron chi connectivity index (χ2n) is 7.78. The van der Waals surface area contributed by atoms with E-state index >= 15 is 0 Å². The quantitative estimate of drug-likeness (QED) is 0.735. The first kappa shape index (κ1) is 18.3. The average molecular weight is 344 g/mol. The van der Waals surface area contributed by atoms with Crippen molar-refractivity contribution >= 4 is 0 Å². The van der Waals surface area contributed by atoms with E-state index in [1.165, 1.54) is 50.9 Å². The van der Waals surface area contributed by atoms with Crippen molar-refractivity contribution in [1.82, 2.24) is 9.80 Å². The molecule has 0 amide bonds. The SMILES string of the molecule is C=C(C)COc1cc(CN2CCCC23CCN(C)CC3)ccc1OC. The van der Waals surface area contributed by atoms with Crippen molar-refractivity contribution in [2.45, 2.75) is 44.7 Å². The van der Waals surface area contributed by atoms with E-state index < -0.39 is 0 Å². The molecular weight excluding hydrogens is 312 g/mol. The fourth-order valence-electron chi connectivity index (χ4n) is 4.20. The van der Waals surface area contributed by atoms with Gasteiger partial charge in [0.25, 0.3) is 0 Å². The molecule has 2 aliphatic rings. The van der Waals surface area contributed by atoms with Gasteiger partial charge in [0.05, 0.1) is 7.11 Å². The number of nitrogens with zero attached hydrogens (tertiary/aromatic N) is 2. The number of rotatable bonds is 6. The van der Waals surface area contributed by atoms with Crippen molar-refractivity contribution in [3.63, 3.8) is 0 Å². The highest BCUT2D eigenvalue weighted by Gasteiger charge is 2.42. The molecule has 1 spiro atoms. The fourth-order valence-corrected chi connectivity index (χ4v) is 4.20. The van der Waals surface area contributed by atoms with Crippen LogP contribution in [0.15, 0.2) is 30.4 Å². The first-order valence-electron chi connectivity index (χ1n) is 9.40. The molecule has 4 nitrogen and oxygen atoms in total. The maximum Gasteiger partial charge on any atom is 0.161 e. The Morgan fingerprint density at radius 3 is 2.60 bits per heavy atom. The molecule has 4 heteroatoms. The Balaban J connectivity index is 1.73.